The van der Waals surface area contributed by atoms with E-state index < -0.39 is 10.0 Å². The van der Waals surface area contributed by atoms with Crippen LogP contribution in [0, 0.1) is 13.8 Å². The predicted molar refractivity (Wildman–Crippen MR) is 79.6 cm³/mol. The van der Waals surface area contributed by atoms with E-state index in [0.717, 1.165) is 17.5 Å². The van der Waals surface area contributed by atoms with Gasteiger partial charge in [0.2, 0.25) is 10.0 Å². The first-order valence-corrected chi connectivity index (χ1v) is 8.19. The summed E-state index contributed by atoms with van der Waals surface area (Å²) in [6.07, 6.45) is 4.64. The third-order valence-corrected chi connectivity index (χ3v) is 5.74. The van der Waals surface area contributed by atoms with Gasteiger partial charge in [-0.05, 0) is 31.4 Å². The Kier molecular flexibility index (Phi) is 4.20. The average Bonchev–Trinajstić information content (AvgIpc) is 2.87. The van der Waals surface area contributed by atoms with Crippen LogP contribution in [0.4, 0.5) is 0 Å². The van der Waals surface area contributed by atoms with Crippen LogP contribution in [-0.4, -0.2) is 32.4 Å². The lowest BCUT2D eigenvalue weighted by Gasteiger charge is -2.24. The summed E-state index contributed by atoms with van der Waals surface area (Å²) >= 11 is 0. The van der Waals surface area contributed by atoms with Gasteiger partial charge in [0.1, 0.15) is 5.75 Å². The third-order valence-electron chi connectivity index (χ3n) is 3.71. The van der Waals surface area contributed by atoms with Gasteiger partial charge in [0.15, 0.2) is 0 Å². The third kappa shape index (κ3) is 2.47. The van der Waals surface area contributed by atoms with Crippen LogP contribution < -0.4 is 4.74 Å². The van der Waals surface area contributed by atoms with Gasteiger partial charge in [0.25, 0.3) is 0 Å². The summed E-state index contributed by atoms with van der Waals surface area (Å²) in [6, 6.07) is 3.44. The second-order valence-corrected chi connectivity index (χ2v) is 6.92. The molecule has 1 atom stereocenters. The van der Waals surface area contributed by atoms with Crippen molar-refractivity contribution in [2.45, 2.75) is 38.1 Å². The first kappa shape index (κ1) is 15.1. The molecule has 0 saturated heterocycles. The molecule has 0 fully saturated rings. The molecule has 0 N–H and O–H groups in total. The van der Waals surface area contributed by atoms with Crippen molar-refractivity contribution in [2.75, 3.05) is 13.7 Å². The number of ether oxygens (including phenoxy) is 1. The quantitative estimate of drug-likeness (QED) is 0.802. The largest absolute Gasteiger partial charge is 0.496 e. The van der Waals surface area contributed by atoms with Gasteiger partial charge in [-0.2, -0.15) is 4.31 Å². The minimum atomic E-state index is -3.49. The fourth-order valence-electron chi connectivity index (χ4n) is 2.61. The SMILES string of the molecule is CCC1C=CCN1S(=O)(=O)c1cc(OC)c(C)cc1C. The lowest BCUT2D eigenvalue weighted by atomic mass is 10.1. The van der Waals surface area contributed by atoms with Crippen LogP contribution >= 0.6 is 0 Å². The molecule has 1 heterocycles. The number of sulfonamides is 1. The lowest BCUT2D eigenvalue weighted by molar-refractivity contribution is 0.398. The van der Waals surface area contributed by atoms with Crippen molar-refractivity contribution in [1.82, 2.24) is 4.31 Å². The Labute approximate surface area is 121 Å². The molecule has 2 rings (SSSR count). The van der Waals surface area contributed by atoms with E-state index in [1.165, 1.54) is 0 Å². The fraction of sp³-hybridized carbons (Fsp3) is 0.467. The Morgan fingerprint density at radius 2 is 2.00 bits per heavy atom. The minimum Gasteiger partial charge on any atom is -0.496 e. The Morgan fingerprint density at radius 3 is 2.60 bits per heavy atom. The van der Waals surface area contributed by atoms with Crippen LogP contribution in [0.5, 0.6) is 5.75 Å². The van der Waals surface area contributed by atoms with Gasteiger partial charge in [-0.3, -0.25) is 0 Å². The Balaban J connectivity index is 2.50. The first-order chi connectivity index (χ1) is 9.41. The minimum absolute atomic E-state index is 0.0494. The maximum atomic E-state index is 12.8. The van der Waals surface area contributed by atoms with Crippen LogP contribution in [0.25, 0.3) is 0 Å². The highest BCUT2D eigenvalue weighted by Gasteiger charge is 2.32. The molecule has 20 heavy (non-hydrogen) atoms. The molecule has 110 valence electrons. The second kappa shape index (κ2) is 5.58. The molecule has 0 bridgehead atoms. The molecule has 4 nitrogen and oxygen atoms in total. The monoisotopic (exact) mass is 295 g/mol. The van der Waals surface area contributed by atoms with E-state index in [1.54, 1.807) is 17.5 Å². The summed E-state index contributed by atoms with van der Waals surface area (Å²) in [5, 5.41) is 0. The van der Waals surface area contributed by atoms with Crippen molar-refractivity contribution >= 4 is 10.0 Å². The molecule has 5 heteroatoms. The lowest BCUT2D eigenvalue weighted by Crippen LogP contribution is -2.36. The van der Waals surface area contributed by atoms with E-state index in [-0.39, 0.29) is 6.04 Å². The summed E-state index contributed by atoms with van der Waals surface area (Å²) in [6.45, 7) is 6.17. The van der Waals surface area contributed by atoms with Crippen LogP contribution in [0.1, 0.15) is 24.5 Å². The second-order valence-electron chi connectivity index (χ2n) is 5.07. The maximum Gasteiger partial charge on any atom is 0.244 e. The summed E-state index contributed by atoms with van der Waals surface area (Å²) in [7, 11) is -1.93. The van der Waals surface area contributed by atoms with Gasteiger partial charge < -0.3 is 4.74 Å². The van der Waals surface area contributed by atoms with E-state index in [4.69, 9.17) is 4.74 Å². The summed E-state index contributed by atoms with van der Waals surface area (Å²) in [5.74, 6) is 0.606. The number of hydrogen-bond acceptors (Lipinski definition) is 3. The van der Waals surface area contributed by atoms with Crippen molar-refractivity contribution in [3.05, 3.63) is 35.4 Å². The van der Waals surface area contributed by atoms with E-state index in [0.29, 0.717) is 17.2 Å². The highest BCUT2D eigenvalue weighted by Crippen LogP contribution is 2.30. The number of rotatable bonds is 4. The topological polar surface area (TPSA) is 46.6 Å². The standard InChI is InChI=1S/C15H21NO3S/c1-5-13-7-6-8-16(13)20(17,18)15-10-14(19-4)11(2)9-12(15)3/h6-7,9-10,13H,5,8H2,1-4H3. The van der Waals surface area contributed by atoms with Crippen molar-refractivity contribution in [2.24, 2.45) is 0 Å². The molecule has 0 saturated carbocycles. The van der Waals surface area contributed by atoms with Crippen LogP contribution in [-0.2, 0) is 10.0 Å². The predicted octanol–water partition coefficient (Wildman–Crippen LogP) is 2.65. The van der Waals surface area contributed by atoms with E-state index in [9.17, 15) is 8.42 Å². The van der Waals surface area contributed by atoms with Gasteiger partial charge in [-0.1, -0.05) is 25.1 Å². The molecule has 0 aliphatic carbocycles. The van der Waals surface area contributed by atoms with Gasteiger partial charge in [0, 0.05) is 18.7 Å². The molecular formula is C15H21NO3S. The van der Waals surface area contributed by atoms with Gasteiger partial charge in [0.05, 0.1) is 12.0 Å². The van der Waals surface area contributed by atoms with Gasteiger partial charge >= 0.3 is 0 Å². The molecule has 1 aliphatic heterocycles. The van der Waals surface area contributed by atoms with Crippen LogP contribution in [0.2, 0.25) is 0 Å². The van der Waals surface area contributed by atoms with Crippen molar-refractivity contribution in [3.8, 4) is 5.75 Å². The number of aryl methyl sites for hydroxylation is 2. The average molecular weight is 295 g/mol. The van der Waals surface area contributed by atoms with Crippen LogP contribution in [0.3, 0.4) is 0 Å². The Morgan fingerprint density at radius 1 is 1.30 bits per heavy atom. The molecule has 1 aromatic rings. The molecule has 0 aromatic heterocycles. The molecule has 0 spiro atoms. The zero-order valence-electron chi connectivity index (χ0n) is 12.4. The number of hydrogen-bond donors (Lipinski definition) is 0. The maximum absolute atomic E-state index is 12.8. The van der Waals surface area contributed by atoms with Crippen molar-refractivity contribution in [1.29, 1.82) is 0 Å². The van der Waals surface area contributed by atoms with E-state index in [1.807, 2.05) is 39.0 Å². The zero-order valence-corrected chi connectivity index (χ0v) is 13.2. The summed E-state index contributed by atoms with van der Waals surface area (Å²) < 4.78 is 32.5. The summed E-state index contributed by atoms with van der Waals surface area (Å²) in [4.78, 5) is 0.335. The summed E-state index contributed by atoms with van der Waals surface area (Å²) in [5.41, 5.74) is 1.69. The van der Waals surface area contributed by atoms with Crippen molar-refractivity contribution in [3.63, 3.8) is 0 Å². The van der Waals surface area contributed by atoms with Gasteiger partial charge in [-0.25, -0.2) is 8.42 Å². The highest BCUT2D eigenvalue weighted by atomic mass is 32.2. The molecular weight excluding hydrogens is 274 g/mol. The number of nitrogens with zero attached hydrogens (tertiary/aromatic N) is 1. The molecule has 0 radical (unpaired) electrons. The molecule has 1 unspecified atom stereocenters. The normalized spacial score (nSPS) is 19.5. The van der Waals surface area contributed by atoms with E-state index in [2.05, 4.69) is 0 Å². The smallest absolute Gasteiger partial charge is 0.244 e. The molecule has 1 aliphatic rings. The number of methoxy groups -OCH3 is 1. The van der Waals surface area contributed by atoms with Crippen molar-refractivity contribution < 1.29 is 13.2 Å². The Bertz CT molecular complexity index is 635. The zero-order chi connectivity index (χ0) is 14.9. The van der Waals surface area contributed by atoms with Crippen LogP contribution in [0.15, 0.2) is 29.2 Å². The fourth-order valence-corrected chi connectivity index (χ4v) is 4.44. The molecule has 0 amide bonds. The Hall–Kier alpha value is -1.33. The highest BCUT2D eigenvalue weighted by molar-refractivity contribution is 7.89. The van der Waals surface area contributed by atoms with Gasteiger partial charge in [-0.15, -0.1) is 0 Å². The van der Waals surface area contributed by atoms with E-state index >= 15 is 0 Å². The number of benzene rings is 1. The first-order valence-electron chi connectivity index (χ1n) is 6.75. The molecule has 1 aromatic carbocycles.